The molecule has 1 rings (SSSR count). The smallest absolute Gasteiger partial charge is 0.267 e. The van der Waals surface area contributed by atoms with Crippen LogP contribution in [0.25, 0.3) is 0 Å². The third-order valence-electron chi connectivity index (χ3n) is 2.53. The zero-order valence-corrected chi connectivity index (χ0v) is 13.6. The van der Waals surface area contributed by atoms with Crippen molar-refractivity contribution in [3.63, 3.8) is 0 Å². The first-order valence-electron chi connectivity index (χ1n) is 5.83. The molecule has 20 heavy (non-hydrogen) atoms. The molecule has 0 radical (unpaired) electrons. The van der Waals surface area contributed by atoms with Crippen molar-refractivity contribution in [3.05, 3.63) is 27.7 Å². The van der Waals surface area contributed by atoms with Crippen LogP contribution < -0.4 is 4.72 Å². The van der Waals surface area contributed by atoms with E-state index >= 15 is 0 Å². The maximum atomic E-state index is 12.2. The van der Waals surface area contributed by atoms with E-state index < -0.39 is 22.0 Å². The van der Waals surface area contributed by atoms with Crippen molar-refractivity contribution in [3.8, 4) is 0 Å². The van der Waals surface area contributed by atoms with E-state index in [2.05, 4.69) is 0 Å². The third kappa shape index (κ3) is 3.85. The zero-order valence-electron chi connectivity index (χ0n) is 11.2. The average Bonchev–Trinajstić information content (AvgIpc) is 2.33. The van der Waals surface area contributed by atoms with E-state index in [9.17, 15) is 13.2 Å². The first-order valence-corrected chi connectivity index (χ1v) is 8.07. The summed E-state index contributed by atoms with van der Waals surface area (Å²) < 4.78 is 31.3. The van der Waals surface area contributed by atoms with Gasteiger partial charge in [-0.15, -0.1) is 0 Å². The second-order valence-corrected chi connectivity index (χ2v) is 6.48. The second-order valence-electron chi connectivity index (χ2n) is 4.07. The van der Waals surface area contributed by atoms with Gasteiger partial charge in [-0.25, -0.2) is 13.1 Å². The lowest BCUT2D eigenvalue weighted by atomic mass is 10.2. The number of sulfonamides is 1. The maximum absolute atomic E-state index is 12.2. The van der Waals surface area contributed by atoms with Gasteiger partial charge >= 0.3 is 0 Å². The molecule has 0 fully saturated rings. The molecule has 0 heterocycles. The minimum absolute atomic E-state index is 0.0122. The summed E-state index contributed by atoms with van der Waals surface area (Å²) in [5.41, 5.74) is 0.543. The highest BCUT2D eigenvalue weighted by Crippen LogP contribution is 2.31. The van der Waals surface area contributed by atoms with Gasteiger partial charge in [0.2, 0.25) is 0 Å². The Labute approximate surface area is 128 Å². The number of hydrogen-bond acceptors (Lipinski definition) is 4. The van der Waals surface area contributed by atoms with E-state index in [1.807, 2.05) is 4.72 Å². The number of ether oxygens (including phenoxy) is 1. The molecular weight excluding hydrogens is 325 g/mol. The lowest BCUT2D eigenvalue weighted by Crippen LogP contribution is -2.38. The largest absolute Gasteiger partial charge is 0.369 e. The Hall–Kier alpha value is -0.820. The SMILES string of the molecule is CCO[C@H](C)C(=O)NS(=O)(=O)c1c(Cl)ccc(C)c1Cl. The molecule has 0 saturated carbocycles. The first-order chi connectivity index (χ1) is 9.20. The lowest BCUT2D eigenvalue weighted by molar-refractivity contribution is -0.129. The summed E-state index contributed by atoms with van der Waals surface area (Å²) >= 11 is 11.8. The number of amides is 1. The van der Waals surface area contributed by atoms with Crippen molar-refractivity contribution in [1.29, 1.82) is 0 Å². The second kappa shape index (κ2) is 6.76. The summed E-state index contributed by atoms with van der Waals surface area (Å²) in [6, 6.07) is 3.00. The van der Waals surface area contributed by atoms with Crippen LogP contribution in [0, 0.1) is 6.92 Å². The van der Waals surface area contributed by atoms with Crippen LogP contribution in [-0.2, 0) is 19.6 Å². The van der Waals surface area contributed by atoms with Crippen LogP contribution in [0.4, 0.5) is 0 Å². The fraction of sp³-hybridized carbons (Fsp3) is 0.417. The van der Waals surface area contributed by atoms with Crippen molar-refractivity contribution in [1.82, 2.24) is 4.72 Å². The van der Waals surface area contributed by atoms with E-state index in [1.165, 1.54) is 13.0 Å². The minimum atomic E-state index is -4.15. The lowest BCUT2D eigenvalue weighted by Gasteiger charge is -2.14. The zero-order chi connectivity index (χ0) is 15.5. The normalized spacial score (nSPS) is 13.1. The van der Waals surface area contributed by atoms with Crippen molar-refractivity contribution in [2.24, 2.45) is 0 Å². The predicted molar refractivity (Wildman–Crippen MR) is 77.6 cm³/mol. The number of benzene rings is 1. The maximum Gasteiger partial charge on any atom is 0.267 e. The fourth-order valence-corrected chi connectivity index (χ4v) is 3.70. The van der Waals surface area contributed by atoms with Gasteiger partial charge in [0.25, 0.3) is 15.9 Å². The van der Waals surface area contributed by atoms with Gasteiger partial charge in [-0.3, -0.25) is 4.79 Å². The monoisotopic (exact) mass is 339 g/mol. The molecule has 1 aromatic rings. The summed E-state index contributed by atoms with van der Waals surface area (Å²) in [5, 5.41) is -0.0631. The quantitative estimate of drug-likeness (QED) is 0.894. The van der Waals surface area contributed by atoms with Crippen molar-refractivity contribution >= 4 is 39.1 Å². The van der Waals surface area contributed by atoms with Gasteiger partial charge in [0.15, 0.2) is 0 Å². The number of hydrogen-bond donors (Lipinski definition) is 1. The molecular formula is C12H15Cl2NO4S. The number of halogens is 2. The summed E-state index contributed by atoms with van der Waals surface area (Å²) in [6.45, 7) is 5.09. The van der Waals surface area contributed by atoms with Crippen molar-refractivity contribution < 1.29 is 17.9 Å². The topological polar surface area (TPSA) is 72.5 Å². The minimum Gasteiger partial charge on any atom is -0.369 e. The number of aryl methyl sites for hydroxylation is 1. The van der Waals surface area contributed by atoms with Crippen molar-refractivity contribution in [2.45, 2.75) is 31.8 Å². The molecule has 0 saturated heterocycles. The molecule has 1 amide bonds. The van der Waals surface area contributed by atoms with Gasteiger partial charge in [-0.1, -0.05) is 29.3 Å². The molecule has 0 aliphatic rings. The summed E-state index contributed by atoms with van der Waals surface area (Å²) in [5.74, 6) is -0.777. The van der Waals surface area contributed by atoms with Crippen LogP contribution in [0.5, 0.6) is 0 Å². The van der Waals surface area contributed by atoms with Gasteiger partial charge in [-0.2, -0.15) is 0 Å². The molecule has 1 aromatic carbocycles. The summed E-state index contributed by atoms with van der Waals surface area (Å²) in [7, 11) is -4.15. The molecule has 112 valence electrons. The Morgan fingerprint density at radius 1 is 1.40 bits per heavy atom. The molecule has 1 atom stereocenters. The van der Waals surface area contributed by atoms with Crippen molar-refractivity contribution in [2.75, 3.05) is 6.61 Å². The highest BCUT2D eigenvalue weighted by Gasteiger charge is 2.27. The van der Waals surface area contributed by atoms with Crippen LogP contribution in [-0.4, -0.2) is 27.0 Å². The molecule has 8 heteroatoms. The standard InChI is InChI=1S/C12H15Cl2NO4S/c1-4-19-8(3)12(16)15-20(17,18)11-9(13)6-5-7(2)10(11)14/h5-6,8H,4H2,1-3H3,(H,15,16)/t8-/m1/s1. The van der Waals surface area contributed by atoms with E-state index in [0.717, 1.165) is 0 Å². The van der Waals surface area contributed by atoms with Crippen LogP contribution in [0.3, 0.4) is 0 Å². The molecule has 0 unspecified atom stereocenters. The predicted octanol–water partition coefficient (Wildman–Crippen LogP) is 2.53. The summed E-state index contributed by atoms with van der Waals surface area (Å²) in [6.07, 6.45) is -0.892. The van der Waals surface area contributed by atoms with E-state index in [-0.39, 0.29) is 14.9 Å². The highest BCUT2D eigenvalue weighted by atomic mass is 35.5. The molecule has 0 aromatic heterocycles. The number of rotatable bonds is 5. The fourth-order valence-electron chi connectivity index (χ4n) is 1.47. The number of carbonyl (C=O) groups is 1. The number of carbonyl (C=O) groups excluding carboxylic acids is 1. The van der Waals surface area contributed by atoms with Gasteiger partial charge in [0.05, 0.1) is 10.0 Å². The third-order valence-corrected chi connectivity index (χ3v) is 4.99. The Bertz CT molecular complexity index is 616. The van der Waals surface area contributed by atoms with Gasteiger partial charge in [0, 0.05) is 6.61 Å². The first kappa shape index (κ1) is 17.2. The summed E-state index contributed by atoms with van der Waals surface area (Å²) in [4.78, 5) is 11.4. The molecule has 1 N–H and O–H groups in total. The Balaban J connectivity index is 3.13. The van der Waals surface area contributed by atoms with Gasteiger partial charge in [0.1, 0.15) is 11.0 Å². The Kier molecular flexibility index (Phi) is 5.82. The van der Waals surface area contributed by atoms with Crippen LogP contribution in [0.15, 0.2) is 17.0 Å². The van der Waals surface area contributed by atoms with E-state index in [4.69, 9.17) is 27.9 Å². The number of nitrogens with one attached hydrogen (secondary N) is 1. The molecule has 0 aliphatic heterocycles. The van der Waals surface area contributed by atoms with Gasteiger partial charge < -0.3 is 4.74 Å². The highest BCUT2D eigenvalue weighted by molar-refractivity contribution is 7.90. The van der Waals surface area contributed by atoms with Crippen LogP contribution in [0.2, 0.25) is 10.0 Å². The molecule has 0 aliphatic carbocycles. The van der Waals surface area contributed by atoms with E-state index in [1.54, 1.807) is 19.9 Å². The molecule has 5 nitrogen and oxygen atoms in total. The molecule has 0 bridgehead atoms. The molecule has 0 spiro atoms. The van der Waals surface area contributed by atoms with Crippen LogP contribution >= 0.6 is 23.2 Å². The van der Waals surface area contributed by atoms with Gasteiger partial charge in [-0.05, 0) is 32.4 Å². The van der Waals surface area contributed by atoms with E-state index in [0.29, 0.717) is 12.2 Å². The average molecular weight is 340 g/mol. The Morgan fingerprint density at radius 2 is 2.00 bits per heavy atom. The Morgan fingerprint density at radius 3 is 2.55 bits per heavy atom. The van der Waals surface area contributed by atoms with Crippen LogP contribution in [0.1, 0.15) is 19.4 Å².